The number of aryl methyl sites for hydroxylation is 1. The van der Waals surface area contributed by atoms with E-state index in [1.807, 2.05) is 27.0 Å². The molecule has 0 fully saturated rings. The van der Waals surface area contributed by atoms with Gasteiger partial charge in [-0.3, -0.25) is 9.55 Å². The third kappa shape index (κ3) is 1.87. The van der Waals surface area contributed by atoms with Crippen LogP contribution in [-0.4, -0.2) is 19.2 Å². The fourth-order valence-corrected chi connectivity index (χ4v) is 3.71. The van der Waals surface area contributed by atoms with E-state index >= 15 is 0 Å². The third-order valence-electron chi connectivity index (χ3n) is 3.38. The van der Waals surface area contributed by atoms with Gasteiger partial charge in [-0.15, -0.1) is 0 Å². The number of rotatable bonds is 2. The van der Waals surface area contributed by atoms with Crippen molar-refractivity contribution in [1.82, 2.24) is 0 Å². The molecule has 2 rings (SSSR count). The molecule has 0 saturated heterocycles. The van der Waals surface area contributed by atoms with Gasteiger partial charge < -0.3 is 0 Å². The number of aliphatic imine (C=N–C) groups is 1. The highest BCUT2D eigenvalue weighted by atomic mass is 32.2. The van der Waals surface area contributed by atoms with Crippen LogP contribution in [0.15, 0.2) is 16.0 Å². The van der Waals surface area contributed by atoms with E-state index < -0.39 is 10.1 Å². The molecule has 98 valence electrons. The Morgan fingerprint density at radius 2 is 2.00 bits per heavy atom. The first-order valence-electron chi connectivity index (χ1n) is 5.88. The minimum Gasteiger partial charge on any atom is -0.282 e. The largest absolute Gasteiger partial charge is 0.295 e. The van der Waals surface area contributed by atoms with E-state index in [0.717, 1.165) is 11.3 Å². The highest BCUT2D eigenvalue weighted by molar-refractivity contribution is 7.86. The van der Waals surface area contributed by atoms with Gasteiger partial charge in [0.25, 0.3) is 10.1 Å². The molecule has 0 aromatic heterocycles. The molecule has 1 aromatic carbocycles. The fraction of sp³-hybridized carbons (Fsp3) is 0.462. The molecule has 0 amide bonds. The lowest BCUT2D eigenvalue weighted by Crippen LogP contribution is -2.19. The number of hydrogen-bond donors (Lipinski definition) is 1. The van der Waals surface area contributed by atoms with Gasteiger partial charge in [0.2, 0.25) is 0 Å². The zero-order valence-corrected chi connectivity index (χ0v) is 11.8. The van der Waals surface area contributed by atoms with Gasteiger partial charge in [-0.2, -0.15) is 8.42 Å². The number of nitrogens with zero attached hydrogens (tertiary/aromatic N) is 1. The van der Waals surface area contributed by atoms with E-state index in [4.69, 9.17) is 0 Å². The van der Waals surface area contributed by atoms with Crippen molar-refractivity contribution < 1.29 is 13.0 Å². The lowest BCUT2D eigenvalue weighted by molar-refractivity contribution is 0.481. The second kappa shape index (κ2) is 3.90. The lowest BCUT2D eigenvalue weighted by Gasteiger charge is -2.21. The second-order valence-electron chi connectivity index (χ2n) is 5.19. The molecule has 0 radical (unpaired) electrons. The predicted octanol–water partition coefficient (Wildman–Crippen LogP) is 2.80. The Labute approximate surface area is 108 Å². The summed E-state index contributed by atoms with van der Waals surface area (Å²) in [5, 5.41) is 0. The summed E-state index contributed by atoms with van der Waals surface area (Å²) in [5.74, 6) is 0. The first kappa shape index (κ1) is 13.2. The third-order valence-corrected chi connectivity index (χ3v) is 4.47. The Kier molecular flexibility index (Phi) is 2.87. The van der Waals surface area contributed by atoms with E-state index in [2.05, 4.69) is 4.99 Å². The van der Waals surface area contributed by atoms with Gasteiger partial charge in [0, 0.05) is 11.6 Å². The molecule has 0 spiro atoms. The summed E-state index contributed by atoms with van der Waals surface area (Å²) in [5.41, 5.74) is 2.61. The van der Waals surface area contributed by atoms with Crippen LogP contribution >= 0.6 is 0 Å². The molecule has 1 aromatic rings. The van der Waals surface area contributed by atoms with Gasteiger partial charge in [0.1, 0.15) is 4.90 Å². The van der Waals surface area contributed by atoms with E-state index in [-0.39, 0.29) is 10.3 Å². The molecule has 0 aliphatic carbocycles. The SMILES string of the molecule is CCc1cc2c(c(C)c1S(=O)(=O)O)C(C)(C)C=N2. The highest BCUT2D eigenvalue weighted by Crippen LogP contribution is 2.42. The summed E-state index contributed by atoms with van der Waals surface area (Å²) in [6.45, 7) is 7.56. The van der Waals surface area contributed by atoms with Crippen LogP contribution in [0.4, 0.5) is 5.69 Å². The molecule has 1 heterocycles. The van der Waals surface area contributed by atoms with Gasteiger partial charge in [-0.25, -0.2) is 0 Å². The quantitative estimate of drug-likeness (QED) is 0.838. The molecule has 1 aliphatic heterocycles. The highest BCUT2D eigenvalue weighted by Gasteiger charge is 2.33. The Bertz CT molecular complexity index is 643. The van der Waals surface area contributed by atoms with Gasteiger partial charge in [-0.1, -0.05) is 20.8 Å². The van der Waals surface area contributed by atoms with Gasteiger partial charge >= 0.3 is 0 Å². The Morgan fingerprint density at radius 3 is 2.50 bits per heavy atom. The zero-order valence-electron chi connectivity index (χ0n) is 11.0. The minimum atomic E-state index is -4.20. The number of hydrogen-bond acceptors (Lipinski definition) is 3. The van der Waals surface area contributed by atoms with Crippen LogP contribution in [-0.2, 0) is 22.0 Å². The molecule has 1 aliphatic rings. The van der Waals surface area contributed by atoms with Crippen molar-refractivity contribution in [3.63, 3.8) is 0 Å². The average molecular weight is 267 g/mol. The van der Waals surface area contributed by atoms with Crippen molar-refractivity contribution in [2.45, 2.75) is 44.4 Å². The monoisotopic (exact) mass is 267 g/mol. The number of fused-ring (bicyclic) bond motifs is 1. The summed E-state index contributed by atoms with van der Waals surface area (Å²) >= 11 is 0. The summed E-state index contributed by atoms with van der Waals surface area (Å²) in [4.78, 5) is 4.39. The molecule has 0 unspecified atom stereocenters. The molecule has 0 saturated carbocycles. The second-order valence-corrected chi connectivity index (χ2v) is 6.55. The maximum Gasteiger partial charge on any atom is 0.295 e. The van der Waals surface area contributed by atoms with Crippen LogP contribution in [0.25, 0.3) is 0 Å². The van der Waals surface area contributed by atoms with Crippen molar-refractivity contribution in [3.8, 4) is 0 Å². The number of benzene rings is 1. The first-order chi connectivity index (χ1) is 8.18. The Hall–Kier alpha value is -1.20. The van der Waals surface area contributed by atoms with Gasteiger partial charge in [-0.05, 0) is 36.1 Å². The normalized spacial score (nSPS) is 16.9. The molecular weight excluding hydrogens is 250 g/mol. The van der Waals surface area contributed by atoms with Crippen molar-refractivity contribution in [3.05, 3.63) is 22.8 Å². The Balaban J connectivity index is 2.87. The van der Waals surface area contributed by atoms with Crippen molar-refractivity contribution >= 4 is 22.0 Å². The molecule has 18 heavy (non-hydrogen) atoms. The van der Waals surface area contributed by atoms with E-state index in [9.17, 15) is 13.0 Å². The fourth-order valence-electron chi connectivity index (χ4n) is 2.68. The first-order valence-corrected chi connectivity index (χ1v) is 7.32. The van der Waals surface area contributed by atoms with Crippen LogP contribution in [0, 0.1) is 6.92 Å². The molecular formula is C13H17NO3S. The topological polar surface area (TPSA) is 66.7 Å². The maximum absolute atomic E-state index is 11.6. The minimum absolute atomic E-state index is 0.0438. The zero-order chi connectivity index (χ0) is 13.7. The molecule has 0 atom stereocenters. The van der Waals surface area contributed by atoms with Gasteiger partial charge in [0.15, 0.2) is 0 Å². The summed E-state index contributed by atoms with van der Waals surface area (Å²) < 4.78 is 32.5. The molecule has 0 bridgehead atoms. The van der Waals surface area contributed by atoms with Gasteiger partial charge in [0.05, 0.1) is 5.69 Å². The van der Waals surface area contributed by atoms with Crippen molar-refractivity contribution in [2.75, 3.05) is 0 Å². The summed E-state index contributed by atoms with van der Waals surface area (Å²) in [6, 6.07) is 1.76. The van der Waals surface area contributed by atoms with Crippen molar-refractivity contribution in [2.24, 2.45) is 4.99 Å². The van der Waals surface area contributed by atoms with E-state index in [1.165, 1.54) is 0 Å². The smallest absolute Gasteiger partial charge is 0.282 e. The lowest BCUT2D eigenvalue weighted by atomic mass is 9.83. The van der Waals surface area contributed by atoms with Crippen LogP contribution in [0.5, 0.6) is 0 Å². The standard InChI is InChI=1S/C13H17NO3S/c1-5-9-6-10-11(13(3,4)7-14-10)8(2)12(9)18(15,16)17/h6-7H,5H2,1-4H3,(H,15,16,17). The molecule has 5 heteroatoms. The van der Waals surface area contributed by atoms with Crippen LogP contribution in [0.3, 0.4) is 0 Å². The van der Waals surface area contributed by atoms with Crippen LogP contribution in [0.2, 0.25) is 0 Å². The summed E-state index contributed by atoms with van der Waals surface area (Å²) in [7, 11) is -4.20. The molecule has 4 nitrogen and oxygen atoms in total. The van der Waals surface area contributed by atoms with Crippen LogP contribution < -0.4 is 0 Å². The Morgan fingerprint density at radius 1 is 1.39 bits per heavy atom. The van der Waals surface area contributed by atoms with E-state index in [0.29, 0.717) is 17.5 Å². The van der Waals surface area contributed by atoms with E-state index in [1.54, 1.807) is 13.0 Å². The predicted molar refractivity (Wildman–Crippen MR) is 71.5 cm³/mol. The summed E-state index contributed by atoms with van der Waals surface area (Å²) in [6.07, 6.45) is 2.36. The van der Waals surface area contributed by atoms with Crippen molar-refractivity contribution in [1.29, 1.82) is 0 Å². The average Bonchev–Trinajstić information content (AvgIpc) is 2.52. The van der Waals surface area contributed by atoms with Crippen LogP contribution in [0.1, 0.15) is 37.5 Å². The molecule has 1 N–H and O–H groups in total. The maximum atomic E-state index is 11.6.